The number of esters is 1. The lowest BCUT2D eigenvalue weighted by Crippen LogP contribution is -2.48. The Kier molecular flexibility index (Phi) is 6.24. The zero-order chi connectivity index (χ0) is 21.1. The standard InChI is InChI=1S/C22H27N3O4S/c1-29-22(28)20-15-6-2-5-9-18(15)30-21(20)23-19(27)14-24-10-12-25(13-11-24)16-7-3-4-8-17(16)26/h3-4,7-8,26H,2,5-6,9-14H2,1H3,(H,23,27). The molecule has 7 nitrogen and oxygen atoms in total. The minimum Gasteiger partial charge on any atom is -0.506 e. The molecule has 1 fully saturated rings. The Bertz CT molecular complexity index is 934. The number of aromatic hydroxyl groups is 1. The fourth-order valence-electron chi connectivity index (χ4n) is 4.22. The third kappa shape index (κ3) is 4.29. The highest BCUT2D eigenvalue weighted by Gasteiger charge is 2.27. The number of carbonyl (C=O) groups excluding carboxylic acids is 2. The molecule has 4 rings (SSSR count). The quantitative estimate of drug-likeness (QED) is 0.712. The molecule has 30 heavy (non-hydrogen) atoms. The molecule has 0 radical (unpaired) electrons. The predicted octanol–water partition coefficient (Wildman–Crippen LogP) is 2.88. The highest BCUT2D eigenvalue weighted by molar-refractivity contribution is 7.17. The maximum atomic E-state index is 12.7. The Morgan fingerprint density at radius 2 is 1.87 bits per heavy atom. The molecule has 0 bridgehead atoms. The Hall–Kier alpha value is -2.58. The number of anilines is 2. The van der Waals surface area contributed by atoms with E-state index in [2.05, 4.69) is 15.1 Å². The largest absolute Gasteiger partial charge is 0.506 e. The average molecular weight is 430 g/mol. The maximum absolute atomic E-state index is 12.7. The van der Waals surface area contributed by atoms with Crippen LogP contribution in [0.15, 0.2) is 24.3 Å². The van der Waals surface area contributed by atoms with E-state index in [-0.39, 0.29) is 24.2 Å². The topological polar surface area (TPSA) is 82.1 Å². The number of benzene rings is 1. The lowest BCUT2D eigenvalue weighted by atomic mass is 9.95. The highest BCUT2D eigenvalue weighted by atomic mass is 32.1. The Balaban J connectivity index is 1.37. The van der Waals surface area contributed by atoms with Crippen molar-refractivity contribution >= 4 is 33.9 Å². The third-order valence-electron chi connectivity index (χ3n) is 5.78. The summed E-state index contributed by atoms with van der Waals surface area (Å²) in [5.74, 6) is -0.212. The van der Waals surface area contributed by atoms with Gasteiger partial charge in [0.25, 0.3) is 0 Å². The van der Waals surface area contributed by atoms with Gasteiger partial charge in [-0.2, -0.15) is 0 Å². The molecule has 8 heteroatoms. The summed E-state index contributed by atoms with van der Waals surface area (Å²) in [5.41, 5.74) is 2.41. The maximum Gasteiger partial charge on any atom is 0.341 e. The van der Waals surface area contributed by atoms with E-state index in [1.807, 2.05) is 18.2 Å². The summed E-state index contributed by atoms with van der Waals surface area (Å²) in [6.07, 6.45) is 3.99. The van der Waals surface area contributed by atoms with Crippen molar-refractivity contribution in [3.63, 3.8) is 0 Å². The van der Waals surface area contributed by atoms with Crippen LogP contribution >= 0.6 is 11.3 Å². The molecule has 1 aliphatic heterocycles. The molecule has 1 aromatic carbocycles. The number of para-hydroxylation sites is 2. The molecule has 2 heterocycles. The number of methoxy groups -OCH3 is 1. The molecule has 1 aromatic heterocycles. The van der Waals surface area contributed by atoms with Crippen LogP contribution in [0.5, 0.6) is 5.75 Å². The number of phenolic OH excluding ortho intramolecular Hbond substituents is 1. The smallest absolute Gasteiger partial charge is 0.341 e. The Labute approximate surface area is 180 Å². The van der Waals surface area contributed by atoms with E-state index < -0.39 is 0 Å². The number of ether oxygens (including phenoxy) is 1. The minimum absolute atomic E-state index is 0.116. The number of piperazine rings is 1. The summed E-state index contributed by atoms with van der Waals surface area (Å²) in [5, 5.41) is 13.6. The number of hydrogen-bond donors (Lipinski definition) is 2. The van der Waals surface area contributed by atoms with Gasteiger partial charge in [-0.1, -0.05) is 12.1 Å². The number of phenols is 1. The van der Waals surface area contributed by atoms with Gasteiger partial charge in [-0.15, -0.1) is 11.3 Å². The number of thiophene rings is 1. The lowest BCUT2D eigenvalue weighted by Gasteiger charge is -2.35. The van der Waals surface area contributed by atoms with Gasteiger partial charge in [0.2, 0.25) is 5.91 Å². The van der Waals surface area contributed by atoms with Crippen LogP contribution in [0.2, 0.25) is 0 Å². The summed E-state index contributed by atoms with van der Waals surface area (Å²) in [7, 11) is 1.38. The average Bonchev–Trinajstić information content (AvgIpc) is 3.12. The normalized spacial score (nSPS) is 16.8. The number of nitrogens with one attached hydrogen (secondary N) is 1. The number of hydrogen-bond acceptors (Lipinski definition) is 7. The third-order valence-corrected chi connectivity index (χ3v) is 6.98. The van der Waals surface area contributed by atoms with Gasteiger partial charge in [0, 0.05) is 31.1 Å². The van der Waals surface area contributed by atoms with Crippen LogP contribution in [0.25, 0.3) is 0 Å². The lowest BCUT2D eigenvalue weighted by molar-refractivity contribution is -0.117. The number of aryl methyl sites for hydroxylation is 1. The van der Waals surface area contributed by atoms with Gasteiger partial charge in [-0.3, -0.25) is 9.69 Å². The number of rotatable bonds is 5. The van der Waals surface area contributed by atoms with Crippen molar-refractivity contribution in [2.75, 3.05) is 50.1 Å². The molecule has 1 saturated heterocycles. The van der Waals surface area contributed by atoms with Crippen molar-refractivity contribution in [3.05, 3.63) is 40.3 Å². The van der Waals surface area contributed by atoms with Gasteiger partial charge < -0.3 is 20.1 Å². The molecule has 2 N–H and O–H groups in total. The second kappa shape index (κ2) is 9.06. The molecule has 0 saturated carbocycles. The van der Waals surface area contributed by atoms with E-state index in [1.165, 1.54) is 23.3 Å². The molecular formula is C22H27N3O4S. The number of nitrogens with zero attached hydrogens (tertiary/aromatic N) is 2. The van der Waals surface area contributed by atoms with Crippen molar-refractivity contribution in [1.82, 2.24) is 4.90 Å². The van der Waals surface area contributed by atoms with Gasteiger partial charge in [0.05, 0.1) is 24.9 Å². The van der Waals surface area contributed by atoms with Crippen molar-refractivity contribution < 1.29 is 19.4 Å². The molecule has 1 aliphatic carbocycles. The molecular weight excluding hydrogens is 402 g/mol. The van der Waals surface area contributed by atoms with Crippen LogP contribution in [-0.2, 0) is 22.4 Å². The van der Waals surface area contributed by atoms with Gasteiger partial charge in [-0.05, 0) is 43.4 Å². The second-order valence-corrected chi connectivity index (χ2v) is 8.81. The van der Waals surface area contributed by atoms with Crippen LogP contribution < -0.4 is 10.2 Å². The van der Waals surface area contributed by atoms with Crippen LogP contribution in [0.1, 0.15) is 33.6 Å². The number of carbonyl (C=O) groups is 2. The van der Waals surface area contributed by atoms with E-state index in [9.17, 15) is 14.7 Å². The van der Waals surface area contributed by atoms with Crippen molar-refractivity contribution in [3.8, 4) is 5.75 Å². The van der Waals surface area contributed by atoms with E-state index in [0.717, 1.165) is 63.1 Å². The van der Waals surface area contributed by atoms with Crippen molar-refractivity contribution in [2.45, 2.75) is 25.7 Å². The van der Waals surface area contributed by atoms with Crippen molar-refractivity contribution in [2.24, 2.45) is 0 Å². The summed E-state index contributed by atoms with van der Waals surface area (Å²) < 4.78 is 4.98. The molecule has 0 spiro atoms. The zero-order valence-electron chi connectivity index (χ0n) is 17.1. The Morgan fingerprint density at radius 1 is 1.13 bits per heavy atom. The van der Waals surface area contributed by atoms with Crippen LogP contribution in [0, 0.1) is 0 Å². The van der Waals surface area contributed by atoms with E-state index in [1.54, 1.807) is 6.07 Å². The SMILES string of the molecule is COC(=O)c1c(NC(=O)CN2CCN(c3ccccc3O)CC2)sc2c1CCCC2. The van der Waals surface area contributed by atoms with E-state index >= 15 is 0 Å². The molecule has 160 valence electrons. The van der Waals surface area contributed by atoms with Crippen LogP contribution in [-0.4, -0.2) is 61.7 Å². The fourth-order valence-corrected chi connectivity index (χ4v) is 5.51. The summed E-state index contributed by atoms with van der Waals surface area (Å²) >= 11 is 1.51. The first-order valence-electron chi connectivity index (χ1n) is 10.3. The zero-order valence-corrected chi connectivity index (χ0v) is 18.0. The number of fused-ring (bicyclic) bond motifs is 1. The molecule has 2 aromatic rings. The van der Waals surface area contributed by atoms with E-state index in [4.69, 9.17) is 4.74 Å². The minimum atomic E-state index is -0.374. The second-order valence-electron chi connectivity index (χ2n) is 7.71. The molecule has 1 amide bonds. The van der Waals surface area contributed by atoms with Gasteiger partial charge >= 0.3 is 5.97 Å². The first-order valence-corrected chi connectivity index (χ1v) is 11.2. The first-order chi connectivity index (χ1) is 14.6. The van der Waals surface area contributed by atoms with Crippen LogP contribution in [0.3, 0.4) is 0 Å². The van der Waals surface area contributed by atoms with Gasteiger partial charge in [0.15, 0.2) is 0 Å². The van der Waals surface area contributed by atoms with Crippen LogP contribution in [0.4, 0.5) is 10.7 Å². The summed E-state index contributed by atoms with van der Waals surface area (Å²) in [6.45, 7) is 3.22. The summed E-state index contributed by atoms with van der Waals surface area (Å²) in [4.78, 5) is 30.5. The molecule has 0 atom stereocenters. The molecule has 0 unspecified atom stereocenters. The first kappa shape index (κ1) is 20.7. The van der Waals surface area contributed by atoms with Crippen molar-refractivity contribution in [1.29, 1.82) is 0 Å². The van der Waals surface area contributed by atoms with E-state index in [0.29, 0.717) is 10.6 Å². The molecule has 2 aliphatic rings. The number of amides is 1. The Morgan fingerprint density at radius 3 is 2.60 bits per heavy atom. The summed E-state index contributed by atoms with van der Waals surface area (Å²) in [6, 6.07) is 7.32. The van der Waals surface area contributed by atoms with Gasteiger partial charge in [-0.25, -0.2) is 4.79 Å². The monoisotopic (exact) mass is 429 g/mol. The fraction of sp³-hybridized carbons (Fsp3) is 0.455. The predicted molar refractivity (Wildman–Crippen MR) is 118 cm³/mol. The van der Waals surface area contributed by atoms with Gasteiger partial charge in [0.1, 0.15) is 10.8 Å². The highest BCUT2D eigenvalue weighted by Crippen LogP contribution is 2.38.